The smallest absolute Gasteiger partial charge is 0.230 e. The van der Waals surface area contributed by atoms with Crippen LogP contribution in [0.4, 0.5) is 5.69 Å². The summed E-state index contributed by atoms with van der Waals surface area (Å²) in [6.07, 6.45) is 0.753. The van der Waals surface area contributed by atoms with Gasteiger partial charge in [-0.15, -0.1) is 16.4 Å². The zero-order valence-electron chi connectivity index (χ0n) is 16.5. The summed E-state index contributed by atoms with van der Waals surface area (Å²) in [5.41, 5.74) is 1.16. The molecule has 1 unspecified atom stereocenters. The summed E-state index contributed by atoms with van der Waals surface area (Å²) >= 11 is 9.43. The number of rotatable bonds is 5. The number of benzene rings is 1. The van der Waals surface area contributed by atoms with Crippen LogP contribution in [0, 0.1) is 0 Å². The zero-order chi connectivity index (χ0) is 20.7. The van der Waals surface area contributed by atoms with E-state index in [9.17, 15) is 5.11 Å². The summed E-state index contributed by atoms with van der Waals surface area (Å²) in [5.74, 6) is 0.962. The average Bonchev–Trinajstić information content (AvgIpc) is 3.48. The van der Waals surface area contributed by atoms with Crippen LogP contribution in [-0.4, -0.2) is 50.8 Å². The van der Waals surface area contributed by atoms with Gasteiger partial charge in [0.15, 0.2) is 5.82 Å². The lowest BCUT2D eigenvalue weighted by Gasteiger charge is -2.39. The molecule has 156 valence electrons. The van der Waals surface area contributed by atoms with E-state index in [1.54, 1.807) is 15.9 Å². The number of halogens is 1. The summed E-state index contributed by atoms with van der Waals surface area (Å²) in [5, 5.41) is 18.3. The number of thiazole rings is 1. The molecule has 4 heterocycles. The summed E-state index contributed by atoms with van der Waals surface area (Å²) in [4.78, 5) is 12.2. The van der Waals surface area contributed by atoms with Crippen molar-refractivity contribution in [3.63, 3.8) is 0 Å². The van der Waals surface area contributed by atoms with Crippen molar-refractivity contribution in [3.05, 3.63) is 62.4 Å². The molecule has 1 atom stereocenters. The van der Waals surface area contributed by atoms with E-state index in [-0.39, 0.29) is 11.9 Å². The predicted octanol–water partition coefficient (Wildman–Crippen LogP) is 4.69. The molecule has 1 N–H and O–H groups in total. The molecule has 0 amide bonds. The van der Waals surface area contributed by atoms with Crippen molar-refractivity contribution < 1.29 is 5.11 Å². The molecule has 5 rings (SSSR count). The number of hydrogen-bond acceptors (Lipinski definition) is 7. The van der Waals surface area contributed by atoms with Gasteiger partial charge in [-0.2, -0.15) is 4.52 Å². The predicted molar refractivity (Wildman–Crippen MR) is 123 cm³/mol. The van der Waals surface area contributed by atoms with Crippen molar-refractivity contribution in [2.75, 3.05) is 31.1 Å². The minimum atomic E-state index is 0.00471. The quantitative estimate of drug-likeness (QED) is 0.469. The van der Waals surface area contributed by atoms with Gasteiger partial charge < -0.3 is 10.0 Å². The van der Waals surface area contributed by atoms with Gasteiger partial charge in [0.05, 0.1) is 10.9 Å². The maximum Gasteiger partial charge on any atom is 0.230 e. The minimum absolute atomic E-state index is 0.00471. The fraction of sp³-hybridized carbons (Fsp3) is 0.333. The number of piperazine rings is 1. The number of aromatic nitrogens is 3. The molecule has 30 heavy (non-hydrogen) atoms. The van der Waals surface area contributed by atoms with E-state index < -0.39 is 0 Å². The van der Waals surface area contributed by atoms with E-state index in [4.69, 9.17) is 11.6 Å². The summed E-state index contributed by atoms with van der Waals surface area (Å²) in [6, 6.07) is 12.2. The third-order valence-corrected chi connectivity index (χ3v) is 7.71. The van der Waals surface area contributed by atoms with Crippen molar-refractivity contribution in [1.82, 2.24) is 19.5 Å². The van der Waals surface area contributed by atoms with E-state index in [2.05, 4.69) is 43.5 Å². The van der Waals surface area contributed by atoms with Crippen molar-refractivity contribution in [2.45, 2.75) is 19.4 Å². The van der Waals surface area contributed by atoms with Crippen LogP contribution in [0.5, 0.6) is 5.88 Å². The molecule has 1 aliphatic heterocycles. The Morgan fingerprint density at radius 2 is 2.00 bits per heavy atom. The third kappa shape index (κ3) is 3.58. The molecule has 1 aliphatic rings. The first-order chi connectivity index (χ1) is 14.6. The Bertz CT molecular complexity index is 1150. The Hall–Kier alpha value is -2.13. The van der Waals surface area contributed by atoms with Crippen molar-refractivity contribution in [2.24, 2.45) is 0 Å². The van der Waals surface area contributed by atoms with E-state index in [0.717, 1.165) is 59.0 Å². The van der Waals surface area contributed by atoms with E-state index in [0.29, 0.717) is 0 Å². The number of aryl methyl sites for hydroxylation is 1. The van der Waals surface area contributed by atoms with Crippen molar-refractivity contribution in [1.29, 1.82) is 0 Å². The normalized spacial score (nSPS) is 16.4. The topological polar surface area (TPSA) is 56.9 Å². The molecular formula is C21H22ClN5OS2. The first kappa shape index (κ1) is 19.8. The monoisotopic (exact) mass is 459 g/mol. The van der Waals surface area contributed by atoms with Gasteiger partial charge in [0.2, 0.25) is 10.8 Å². The molecule has 3 aromatic heterocycles. The Kier molecular flexibility index (Phi) is 5.41. The summed E-state index contributed by atoms with van der Waals surface area (Å²) in [7, 11) is 0. The Balaban J connectivity index is 1.44. The zero-order valence-corrected chi connectivity index (χ0v) is 18.9. The summed E-state index contributed by atoms with van der Waals surface area (Å²) < 4.78 is 1.58. The van der Waals surface area contributed by atoms with Crippen LogP contribution >= 0.6 is 34.3 Å². The summed E-state index contributed by atoms with van der Waals surface area (Å²) in [6.45, 7) is 5.61. The Labute approximate surface area is 188 Å². The molecule has 4 aromatic rings. The van der Waals surface area contributed by atoms with Crippen LogP contribution in [0.2, 0.25) is 5.02 Å². The Morgan fingerprint density at radius 3 is 2.67 bits per heavy atom. The van der Waals surface area contributed by atoms with Gasteiger partial charge in [0.25, 0.3) is 0 Å². The highest BCUT2D eigenvalue weighted by molar-refractivity contribution is 7.17. The van der Waals surface area contributed by atoms with Gasteiger partial charge in [0.1, 0.15) is 0 Å². The lowest BCUT2D eigenvalue weighted by molar-refractivity contribution is 0.213. The minimum Gasteiger partial charge on any atom is -0.492 e. The van der Waals surface area contributed by atoms with Crippen LogP contribution in [0.25, 0.3) is 4.96 Å². The number of aromatic hydroxyl groups is 1. The van der Waals surface area contributed by atoms with Crippen LogP contribution in [0.3, 0.4) is 0 Å². The lowest BCUT2D eigenvalue weighted by atomic mass is 10.1. The Morgan fingerprint density at radius 1 is 1.17 bits per heavy atom. The first-order valence-electron chi connectivity index (χ1n) is 9.99. The van der Waals surface area contributed by atoms with Gasteiger partial charge in [-0.05, 0) is 29.6 Å². The van der Waals surface area contributed by atoms with E-state index in [1.807, 2.05) is 25.1 Å². The van der Waals surface area contributed by atoms with Gasteiger partial charge in [0, 0.05) is 48.2 Å². The van der Waals surface area contributed by atoms with Crippen LogP contribution in [0.15, 0.2) is 41.8 Å². The van der Waals surface area contributed by atoms with Gasteiger partial charge in [-0.25, -0.2) is 4.98 Å². The number of fused-ring (bicyclic) bond motifs is 1. The second-order valence-corrected chi connectivity index (χ2v) is 9.71. The number of anilines is 1. The fourth-order valence-electron chi connectivity index (χ4n) is 3.95. The highest BCUT2D eigenvalue weighted by atomic mass is 35.5. The molecule has 0 spiro atoms. The van der Waals surface area contributed by atoms with Gasteiger partial charge in [-0.1, -0.05) is 42.0 Å². The number of hydrogen-bond donors (Lipinski definition) is 1. The van der Waals surface area contributed by atoms with E-state index >= 15 is 0 Å². The van der Waals surface area contributed by atoms with Gasteiger partial charge >= 0.3 is 0 Å². The number of nitrogens with zero attached hydrogens (tertiary/aromatic N) is 5. The average molecular weight is 460 g/mol. The largest absolute Gasteiger partial charge is 0.492 e. The maximum absolute atomic E-state index is 11.0. The molecule has 6 nitrogen and oxygen atoms in total. The molecule has 1 saturated heterocycles. The van der Waals surface area contributed by atoms with Crippen molar-refractivity contribution >= 4 is 44.9 Å². The van der Waals surface area contributed by atoms with Crippen LogP contribution in [0.1, 0.15) is 28.5 Å². The standard InChI is InChI=1S/C21H22ClN5OS2/c1-2-17-23-21-27(24-17)20(28)19(30-21)18(16-7-4-12-29-16)26-10-8-25(9-11-26)15-6-3-5-14(22)13-15/h3-7,12-13,18,28H,2,8-11H2,1H3. The molecule has 1 fully saturated rings. The second-order valence-electron chi connectivity index (χ2n) is 7.29. The molecule has 0 saturated carbocycles. The highest BCUT2D eigenvalue weighted by Gasteiger charge is 2.32. The molecule has 9 heteroatoms. The second kappa shape index (κ2) is 8.19. The van der Waals surface area contributed by atoms with Gasteiger partial charge in [-0.3, -0.25) is 4.90 Å². The highest BCUT2D eigenvalue weighted by Crippen LogP contribution is 2.41. The first-order valence-corrected chi connectivity index (χ1v) is 12.1. The number of thiophene rings is 1. The molecule has 1 aromatic carbocycles. The third-order valence-electron chi connectivity index (χ3n) is 5.47. The molecule has 0 bridgehead atoms. The van der Waals surface area contributed by atoms with Crippen LogP contribution < -0.4 is 4.90 Å². The fourth-order valence-corrected chi connectivity index (χ4v) is 6.20. The van der Waals surface area contributed by atoms with Crippen LogP contribution in [-0.2, 0) is 6.42 Å². The molecular weight excluding hydrogens is 438 g/mol. The maximum atomic E-state index is 11.0. The SMILES string of the molecule is CCc1nc2sc(C(c3cccs3)N3CCN(c4cccc(Cl)c4)CC3)c(O)n2n1. The lowest BCUT2D eigenvalue weighted by Crippen LogP contribution is -2.47. The van der Waals surface area contributed by atoms with E-state index in [1.165, 1.54) is 16.2 Å². The molecule has 0 aliphatic carbocycles. The molecule has 0 radical (unpaired) electrons. The van der Waals surface area contributed by atoms with Crippen molar-refractivity contribution in [3.8, 4) is 5.88 Å².